The second-order valence-corrected chi connectivity index (χ2v) is 6.20. The smallest absolute Gasteiger partial charge is 0.281 e. The minimum absolute atomic E-state index is 0.251. The Labute approximate surface area is 162 Å². The normalized spacial score (nSPS) is 15.4. The van der Waals surface area contributed by atoms with Crippen LogP contribution in [0.5, 0.6) is 5.75 Å². The Morgan fingerprint density at radius 1 is 1.22 bits per heavy atom. The summed E-state index contributed by atoms with van der Waals surface area (Å²) in [7, 11) is 1.60. The third kappa shape index (κ3) is 4.15. The molecule has 1 N–H and O–H groups in total. The Morgan fingerprint density at radius 2 is 1.96 bits per heavy atom. The lowest BCUT2D eigenvalue weighted by Gasteiger charge is -2.13. The molecule has 3 rings (SSSR count). The summed E-state index contributed by atoms with van der Waals surface area (Å²) in [6.07, 6.45) is 1.72. The molecule has 1 saturated heterocycles. The van der Waals surface area contributed by atoms with E-state index in [0.717, 1.165) is 16.9 Å². The van der Waals surface area contributed by atoms with E-state index in [1.165, 1.54) is 29.2 Å². The van der Waals surface area contributed by atoms with Crippen molar-refractivity contribution in [3.8, 4) is 5.75 Å². The number of thiocarbonyl (C=S) groups is 1. The number of hydrogen-bond donors (Lipinski definition) is 1. The summed E-state index contributed by atoms with van der Waals surface area (Å²) in [5.41, 5.74) is 2.55. The Morgan fingerprint density at radius 3 is 2.63 bits per heavy atom. The van der Waals surface area contributed by atoms with E-state index in [4.69, 9.17) is 21.7 Å². The molecule has 0 radical (unpaired) electrons. The standard InChI is InChI=1S/C20H19FN2O3S/c1-3-26-12-14-10-13(4-9-18(14)25-2)11-17-19(24)23(20(27)22-17)16-7-5-15(21)6-8-16/h4-11H,3,12H2,1-2H3,(H,22,27)/b17-11+. The summed E-state index contributed by atoms with van der Waals surface area (Å²) in [5.74, 6) is 0.0497. The Balaban J connectivity index is 1.88. The number of carbonyl (C=O) groups excluding carboxylic acids is 1. The fourth-order valence-electron chi connectivity index (χ4n) is 2.74. The van der Waals surface area contributed by atoms with E-state index in [1.54, 1.807) is 13.2 Å². The predicted molar refractivity (Wildman–Crippen MR) is 106 cm³/mol. The monoisotopic (exact) mass is 386 g/mol. The highest BCUT2D eigenvalue weighted by atomic mass is 32.1. The molecule has 0 aromatic heterocycles. The van der Waals surface area contributed by atoms with E-state index in [2.05, 4.69) is 5.32 Å². The van der Waals surface area contributed by atoms with Crippen molar-refractivity contribution in [2.75, 3.05) is 18.6 Å². The maximum absolute atomic E-state index is 13.1. The first-order valence-corrected chi connectivity index (χ1v) is 8.81. The zero-order chi connectivity index (χ0) is 19.4. The minimum Gasteiger partial charge on any atom is -0.496 e. The highest BCUT2D eigenvalue weighted by Gasteiger charge is 2.31. The molecule has 1 heterocycles. The lowest BCUT2D eigenvalue weighted by Crippen LogP contribution is -2.30. The molecular formula is C20H19FN2O3S. The molecule has 0 aliphatic carbocycles. The quantitative estimate of drug-likeness (QED) is 0.607. The number of halogens is 1. The van der Waals surface area contributed by atoms with Gasteiger partial charge in [0.05, 0.1) is 19.4 Å². The molecule has 5 nitrogen and oxygen atoms in total. The third-order valence-electron chi connectivity index (χ3n) is 4.04. The fraction of sp³-hybridized carbons (Fsp3) is 0.200. The van der Waals surface area contributed by atoms with Crippen LogP contribution in [-0.4, -0.2) is 24.7 Å². The van der Waals surface area contributed by atoms with Gasteiger partial charge >= 0.3 is 0 Å². The van der Waals surface area contributed by atoms with Gasteiger partial charge < -0.3 is 14.8 Å². The average molecular weight is 386 g/mol. The number of carbonyl (C=O) groups is 1. The van der Waals surface area contributed by atoms with Gasteiger partial charge in [-0.15, -0.1) is 0 Å². The van der Waals surface area contributed by atoms with E-state index < -0.39 is 0 Å². The van der Waals surface area contributed by atoms with E-state index in [-0.39, 0.29) is 16.8 Å². The molecule has 2 aromatic rings. The number of nitrogens with zero attached hydrogens (tertiary/aromatic N) is 1. The number of methoxy groups -OCH3 is 1. The number of anilines is 1. The van der Waals surface area contributed by atoms with Gasteiger partial charge in [0.1, 0.15) is 17.3 Å². The first kappa shape index (κ1) is 19.0. The van der Waals surface area contributed by atoms with Crippen molar-refractivity contribution in [2.45, 2.75) is 13.5 Å². The van der Waals surface area contributed by atoms with Gasteiger partial charge in [-0.25, -0.2) is 4.39 Å². The molecule has 0 spiro atoms. The highest BCUT2D eigenvalue weighted by Crippen LogP contribution is 2.25. The van der Waals surface area contributed by atoms with Crippen molar-refractivity contribution >= 4 is 35.0 Å². The van der Waals surface area contributed by atoms with Crippen molar-refractivity contribution in [2.24, 2.45) is 0 Å². The van der Waals surface area contributed by atoms with E-state index in [9.17, 15) is 9.18 Å². The molecule has 1 amide bonds. The molecular weight excluding hydrogens is 367 g/mol. The molecule has 2 aromatic carbocycles. The Kier molecular flexibility index (Phi) is 5.83. The van der Waals surface area contributed by atoms with Gasteiger partial charge in [0.25, 0.3) is 5.91 Å². The lowest BCUT2D eigenvalue weighted by atomic mass is 10.1. The van der Waals surface area contributed by atoms with Crippen LogP contribution in [0.15, 0.2) is 48.2 Å². The van der Waals surface area contributed by atoms with Crippen LogP contribution in [0.1, 0.15) is 18.1 Å². The zero-order valence-corrected chi connectivity index (χ0v) is 15.8. The molecule has 0 saturated carbocycles. The number of nitrogens with one attached hydrogen (secondary N) is 1. The molecule has 0 atom stereocenters. The second kappa shape index (κ2) is 8.28. The van der Waals surface area contributed by atoms with Gasteiger partial charge in [0.15, 0.2) is 5.11 Å². The molecule has 1 aliphatic heterocycles. The SMILES string of the molecule is CCOCc1cc(/C=C2/NC(=S)N(c3ccc(F)cc3)C2=O)ccc1OC. The van der Waals surface area contributed by atoms with E-state index in [0.29, 0.717) is 24.6 Å². The largest absolute Gasteiger partial charge is 0.496 e. The molecule has 7 heteroatoms. The highest BCUT2D eigenvalue weighted by molar-refractivity contribution is 7.80. The maximum Gasteiger partial charge on any atom is 0.281 e. The molecule has 1 aliphatic rings. The minimum atomic E-state index is -0.375. The van der Waals surface area contributed by atoms with Crippen molar-refractivity contribution in [1.82, 2.24) is 5.32 Å². The number of rotatable bonds is 6. The fourth-order valence-corrected chi connectivity index (χ4v) is 3.04. The van der Waals surface area contributed by atoms with Gasteiger partial charge in [-0.1, -0.05) is 6.07 Å². The summed E-state index contributed by atoms with van der Waals surface area (Å²) in [5, 5.41) is 3.17. The first-order valence-electron chi connectivity index (χ1n) is 8.41. The summed E-state index contributed by atoms with van der Waals surface area (Å²) >= 11 is 5.27. The zero-order valence-electron chi connectivity index (χ0n) is 15.0. The maximum atomic E-state index is 13.1. The van der Waals surface area contributed by atoms with Crippen molar-refractivity contribution < 1.29 is 18.7 Å². The molecule has 1 fully saturated rings. The molecule has 140 valence electrons. The van der Waals surface area contributed by atoms with Gasteiger partial charge in [-0.3, -0.25) is 9.69 Å². The summed E-state index contributed by atoms with van der Waals surface area (Å²) in [4.78, 5) is 14.1. The number of amides is 1. The molecule has 0 bridgehead atoms. The second-order valence-electron chi connectivity index (χ2n) is 5.81. The number of benzene rings is 2. The topological polar surface area (TPSA) is 50.8 Å². The van der Waals surface area contributed by atoms with Crippen LogP contribution in [0, 0.1) is 5.82 Å². The van der Waals surface area contributed by atoms with Crippen molar-refractivity contribution in [3.63, 3.8) is 0 Å². The number of hydrogen-bond acceptors (Lipinski definition) is 4. The van der Waals surface area contributed by atoms with Gasteiger partial charge in [0.2, 0.25) is 0 Å². The van der Waals surface area contributed by atoms with Crippen LogP contribution in [0.2, 0.25) is 0 Å². The van der Waals surface area contributed by atoms with Crippen LogP contribution in [0.3, 0.4) is 0 Å². The Hall–Kier alpha value is -2.77. The van der Waals surface area contributed by atoms with E-state index in [1.807, 2.05) is 25.1 Å². The first-order chi connectivity index (χ1) is 13.0. The van der Waals surface area contributed by atoms with Crippen LogP contribution in [0.25, 0.3) is 6.08 Å². The molecule has 27 heavy (non-hydrogen) atoms. The van der Waals surface area contributed by atoms with Crippen LogP contribution in [-0.2, 0) is 16.1 Å². The number of ether oxygens (including phenoxy) is 2. The summed E-state index contributed by atoms with van der Waals surface area (Å²) in [6.45, 7) is 2.93. The molecule has 0 unspecified atom stereocenters. The lowest BCUT2D eigenvalue weighted by molar-refractivity contribution is -0.113. The van der Waals surface area contributed by atoms with Gasteiger partial charge in [-0.05, 0) is 67.2 Å². The summed E-state index contributed by atoms with van der Waals surface area (Å²) < 4.78 is 24.0. The van der Waals surface area contributed by atoms with Crippen LogP contribution < -0.4 is 15.0 Å². The Bertz CT molecular complexity index is 897. The van der Waals surface area contributed by atoms with Crippen molar-refractivity contribution in [1.29, 1.82) is 0 Å². The van der Waals surface area contributed by atoms with E-state index >= 15 is 0 Å². The average Bonchev–Trinajstić information content (AvgIpc) is 2.94. The van der Waals surface area contributed by atoms with Gasteiger partial charge in [-0.2, -0.15) is 0 Å². The van der Waals surface area contributed by atoms with Crippen LogP contribution in [0.4, 0.5) is 10.1 Å². The summed E-state index contributed by atoms with van der Waals surface area (Å²) in [6, 6.07) is 11.2. The van der Waals surface area contributed by atoms with Crippen LogP contribution >= 0.6 is 12.2 Å². The predicted octanol–water partition coefficient (Wildman–Crippen LogP) is 3.63. The third-order valence-corrected chi connectivity index (χ3v) is 4.32. The van der Waals surface area contributed by atoms with Crippen molar-refractivity contribution in [3.05, 3.63) is 65.1 Å². The van der Waals surface area contributed by atoms with Gasteiger partial charge in [0, 0.05) is 12.2 Å².